The van der Waals surface area contributed by atoms with E-state index in [-0.39, 0.29) is 5.41 Å². The highest BCUT2D eigenvalue weighted by Crippen LogP contribution is 2.33. The quantitative estimate of drug-likeness (QED) is 0.669. The third kappa shape index (κ3) is 3.24. The second kappa shape index (κ2) is 5.87. The van der Waals surface area contributed by atoms with Crippen LogP contribution >= 0.6 is 0 Å². The number of hydrogen-bond acceptors (Lipinski definition) is 0. The molecule has 1 heterocycles. The van der Waals surface area contributed by atoms with Crippen LogP contribution in [0.2, 0.25) is 0 Å². The highest BCUT2D eigenvalue weighted by molar-refractivity contribution is 5.63. The lowest BCUT2D eigenvalue weighted by molar-refractivity contribution is -0.661. The highest BCUT2D eigenvalue weighted by atomic mass is 14.9. The summed E-state index contributed by atoms with van der Waals surface area (Å²) in [5.74, 6) is 0.536. The fourth-order valence-corrected chi connectivity index (χ4v) is 3.15. The Morgan fingerprint density at radius 2 is 1.64 bits per heavy atom. The summed E-state index contributed by atoms with van der Waals surface area (Å²) in [6, 6.07) is 9.12. The van der Waals surface area contributed by atoms with Gasteiger partial charge in [-0.25, -0.2) is 4.57 Å². The van der Waals surface area contributed by atoms with Gasteiger partial charge in [0.05, 0.1) is 0 Å². The van der Waals surface area contributed by atoms with Crippen LogP contribution in [-0.2, 0) is 12.5 Å². The molecule has 1 heteroatoms. The largest absolute Gasteiger partial charge is 0.212 e. The van der Waals surface area contributed by atoms with Crippen LogP contribution in [-0.4, -0.2) is 0 Å². The number of pyridine rings is 1. The molecule has 2 rings (SSSR count). The van der Waals surface area contributed by atoms with Crippen molar-refractivity contribution in [3.05, 3.63) is 52.7 Å². The molecule has 0 saturated heterocycles. The van der Waals surface area contributed by atoms with Gasteiger partial charge in [0.15, 0.2) is 6.20 Å². The van der Waals surface area contributed by atoms with E-state index >= 15 is 0 Å². The fourth-order valence-electron chi connectivity index (χ4n) is 3.15. The van der Waals surface area contributed by atoms with Gasteiger partial charge in [-0.3, -0.25) is 0 Å². The molecule has 2 aromatic rings. The van der Waals surface area contributed by atoms with Crippen molar-refractivity contribution in [1.29, 1.82) is 0 Å². The Labute approximate surface area is 136 Å². The first kappa shape index (κ1) is 16.7. The molecule has 0 radical (unpaired) electrons. The number of benzene rings is 1. The third-order valence-electron chi connectivity index (χ3n) is 4.39. The fraction of sp³-hybridized carbons (Fsp3) is 0.476. The summed E-state index contributed by atoms with van der Waals surface area (Å²) in [6.07, 6.45) is 2.32. The van der Waals surface area contributed by atoms with Crippen molar-refractivity contribution in [3.63, 3.8) is 0 Å². The van der Waals surface area contributed by atoms with Crippen molar-refractivity contribution in [1.82, 2.24) is 0 Å². The van der Waals surface area contributed by atoms with Crippen LogP contribution in [0.4, 0.5) is 0 Å². The van der Waals surface area contributed by atoms with E-state index in [0.717, 1.165) is 0 Å². The van der Waals surface area contributed by atoms with Crippen molar-refractivity contribution < 1.29 is 4.57 Å². The van der Waals surface area contributed by atoms with Crippen molar-refractivity contribution in [2.24, 2.45) is 7.05 Å². The molecule has 0 fully saturated rings. The van der Waals surface area contributed by atoms with Crippen LogP contribution in [0.3, 0.4) is 0 Å². The lowest BCUT2D eigenvalue weighted by Crippen LogP contribution is -2.34. The zero-order valence-corrected chi connectivity index (χ0v) is 15.4. The van der Waals surface area contributed by atoms with Crippen LogP contribution in [0.5, 0.6) is 0 Å². The smallest absolute Gasteiger partial charge is 0.201 e. The van der Waals surface area contributed by atoms with Crippen LogP contribution in [0, 0.1) is 13.8 Å². The zero-order chi connectivity index (χ0) is 16.7. The molecule has 0 aliphatic heterocycles. The van der Waals surface area contributed by atoms with Crippen molar-refractivity contribution >= 4 is 0 Å². The van der Waals surface area contributed by atoms with Gasteiger partial charge in [0.1, 0.15) is 7.05 Å². The minimum absolute atomic E-state index is 0.154. The maximum absolute atomic E-state index is 2.40. The maximum atomic E-state index is 2.40. The number of nitrogens with zero attached hydrogens (tertiary/aromatic N) is 1. The minimum Gasteiger partial charge on any atom is -0.201 e. The second-order valence-corrected chi connectivity index (χ2v) is 7.86. The van der Waals surface area contributed by atoms with Gasteiger partial charge in [0.25, 0.3) is 0 Å². The van der Waals surface area contributed by atoms with Crippen molar-refractivity contribution in [2.75, 3.05) is 0 Å². The van der Waals surface area contributed by atoms with E-state index in [1.165, 1.54) is 33.5 Å². The molecule has 22 heavy (non-hydrogen) atoms. The van der Waals surface area contributed by atoms with E-state index in [0.29, 0.717) is 5.92 Å². The molecule has 0 N–H and O–H groups in total. The first-order valence-electron chi connectivity index (χ1n) is 8.23. The Kier molecular flexibility index (Phi) is 4.47. The summed E-state index contributed by atoms with van der Waals surface area (Å²) >= 11 is 0. The number of aryl methyl sites for hydroxylation is 3. The van der Waals surface area contributed by atoms with Gasteiger partial charge in [0.2, 0.25) is 5.69 Å². The standard InChI is InChI=1S/C21H30N/c1-14(2)18-13-22(8)20(12-19(18)21(5,6)7)17-10-9-15(3)11-16(17)4/h9-14H,1-8H3/q+1. The Balaban J connectivity index is 2.73. The van der Waals surface area contributed by atoms with Crippen LogP contribution in [0.1, 0.15) is 62.8 Å². The number of hydrogen-bond donors (Lipinski definition) is 0. The molecule has 0 saturated carbocycles. The lowest BCUT2D eigenvalue weighted by Gasteiger charge is -2.24. The van der Waals surface area contributed by atoms with E-state index in [2.05, 4.69) is 90.5 Å². The Morgan fingerprint density at radius 3 is 2.14 bits per heavy atom. The molecule has 0 unspecified atom stereocenters. The first-order chi connectivity index (χ1) is 10.1. The van der Waals surface area contributed by atoms with E-state index < -0.39 is 0 Å². The van der Waals surface area contributed by atoms with Crippen LogP contribution in [0.15, 0.2) is 30.5 Å². The lowest BCUT2D eigenvalue weighted by atomic mass is 9.80. The van der Waals surface area contributed by atoms with E-state index in [1.54, 1.807) is 0 Å². The predicted octanol–water partition coefficient (Wildman–Crippen LogP) is 5.22. The summed E-state index contributed by atoms with van der Waals surface area (Å²) < 4.78 is 2.28. The molecule has 0 bridgehead atoms. The molecule has 1 nitrogen and oxygen atoms in total. The maximum Gasteiger partial charge on any atom is 0.212 e. The van der Waals surface area contributed by atoms with Gasteiger partial charge < -0.3 is 0 Å². The van der Waals surface area contributed by atoms with Gasteiger partial charge in [0, 0.05) is 17.2 Å². The van der Waals surface area contributed by atoms with E-state index in [4.69, 9.17) is 0 Å². The Hall–Kier alpha value is -1.63. The molecule has 0 aliphatic rings. The van der Waals surface area contributed by atoms with Gasteiger partial charge in [-0.05, 0) is 42.4 Å². The zero-order valence-electron chi connectivity index (χ0n) is 15.4. The Bertz CT molecular complexity index is 688. The molecule has 118 valence electrons. The molecule has 1 aromatic heterocycles. The van der Waals surface area contributed by atoms with Gasteiger partial charge in [-0.2, -0.15) is 0 Å². The predicted molar refractivity (Wildman–Crippen MR) is 95.3 cm³/mol. The number of rotatable bonds is 2. The molecule has 0 spiro atoms. The Morgan fingerprint density at radius 1 is 1.00 bits per heavy atom. The van der Waals surface area contributed by atoms with Crippen LogP contribution in [0.25, 0.3) is 11.3 Å². The monoisotopic (exact) mass is 296 g/mol. The molecule has 0 aliphatic carbocycles. The summed E-state index contributed by atoms with van der Waals surface area (Å²) in [4.78, 5) is 0. The van der Waals surface area contributed by atoms with Crippen molar-refractivity contribution in [3.8, 4) is 11.3 Å². The highest BCUT2D eigenvalue weighted by Gasteiger charge is 2.25. The first-order valence-corrected chi connectivity index (χ1v) is 8.23. The summed E-state index contributed by atoms with van der Waals surface area (Å²) in [6.45, 7) is 15.8. The summed E-state index contributed by atoms with van der Waals surface area (Å²) in [5.41, 5.74) is 8.34. The molecule has 0 amide bonds. The summed E-state index contributed by atoms with van der Waals surface area (Å²) in [7, 11) is 2.16. The molecular formula is C21H30N+. The van der Waals surface area contributed by atoms with Gasteiger partial charge in [-0.15, -0.1) is 0 Å². The minimum atomic E-state index is 0.154. The number of aromatic nitrogens is 1. The van der Waals surface area contributed by atoms with E-state index in [9.17, 15) is 0 Å². The topological polar surface area (TPSA) is 3.88 Å². The van der Waals surface area contributed by atoms with E-state index in [1.807, 2.05) is 0 Å². The van der Waals surface area contributed by atoms with Crippen LogP contribution < -0.4 is 4.57 Å². The molecule has 0 atom stereocenters. The normalized spacial score (nSPS) is 12.0. The third-order valence-corrected chi connectivity index (χ3v) is 4.39. The average Bonchev–Trinajstić information content (AvgIpc) is 2.37. The second-order valence-electron chi connectivity index (χ2n) is 7.86. The SMILES string of the molecule is Cc1ccc(-c2cc(C(C)(C)C)c(C(C)C)c[n+]2C)c(C)c1. The van der Waals surface area contributed by atoms with Crippen molar-refractivity contribution in [2.45, 2.75) is 59.8 Å². The van der Waals surface area contributed by atoms with Gasteiger partial charge >= 0.3 is 0 Å². The van der Waals surface area contributed by atoms with Gasteiger partial charge in [-0.1, -0.05) is 52.3 Å². The summed E-state index contributed by atoms with van der Waals surface area (Å²) in [5, 5.41) is 0. The average molecular weight is 296 g/mol. The molecule has 1 aromatic carbocycles. The molecular weight excluding hydrogens is 266 g/mol.